The highest BCUT2D eigenvalue weighted by Gasteiger charge is 2.57. The molecule has 3 aliphatic rings. The third-order valence-electron chi connectivity index (χ3n) is 6.64. The highest BCUT2D eigenvalue weighted by molar-refractivity contribution is 7.89. The molecule has 0 aromatic heterocycles. The zero-order valence-electron chi connectivity index (χ0n) is 15.9. The number of hydrogen-bond acceptors (Lipinski definition) is 4. The van der Waals surface area contributed by atoms with Gasteiger partial charge in [0, 0.05) is 37.6 Å². The van der Waals surface area contributed by atoms with E-state index in [4.69, 9.17) is 0 Å². The van der Waals surface area contributed by atoms with Crippen molar-refractivity contribution < 1.29 is 13.2 Å². The van der Waals surface area contributed by atoms with Crippen LogP contribution in [0.25, 0.3) is 0 Å². The molecule has 4 rings (SSSR count). The summed E-state index contributed by atoms with van der Waals surface area (Å²) in [4.78, 5) is 15.3. The van der Waals surface area contributed by atoms with Gasteiger partial charge < -0.3 is 10.2 Å². The van der Waals surface area contributed by atoms with Crippen molar-refractivity contribution in [1.82, 2.24) is 14.5 Å². The van der Waals surface area contributed by atoms with Crippen LogP contribution >= 0.6 is 0 Å². The molecule has 3 fully saturated rings. The van der Waals surface area contributed by atoms with Gasteiger partial charge in [-0.15, -0.1) is 0 Å². The Hall–Kier alpha value is -1.44. The number of hydrogen-bond donors (Lipinski definition) is 1. The van der Waals surface area contributed by atoms with Crippen LogP contribution in [0.1, 0.15) is 32.6 Å². The Kier molecular flexibility index (Phi) is 5.03. The van der Waals surface area contributed by atoms with E-state index in [0.29, 0.717) is 36.7 Å². The fourth-order valence-corrected chi connectivity index (χ4v) is 6.53. The maximum atomic E-state index is 12.9. The molecule has 0 radical (unpaired) electrons. The average molecular weight is 392 g/mol. The summed E-state index contributed by atoms with van der Waals surface area (Å²) in [5, 5.41) is 3.27. The highest BCUT2D eigenvalue weighted by atomic mass is 32.2. The first kappa shape index (κ1) is 18.9. The van der Waals surface area contributed by atoms with Gasteiger partial charge in [0.05, 0.1) is 10.8 Å². The van der Waals surface area contributed by atoms with Gasteiger partial charge in [-0.05, 0) is 37.9 Å². The second-order valence-corrected chi connectivity index (χ2v) is 10.1. The van der Waals surface area contributed by atoms with Gasteiger partial charge in [-0.1, -0.05) is 31.5 Å². The molecule has 0 unspecified atom stereocenters. The molecule has 1 N–H and O–H groups in total. The van der Waals surface area contributed by atoms with Crippen LogP contribution in [0.2, 0.25) is 0 Å². The van der Waals surface area contributed by atoms with Crippen LogP contribution < -0.4 is 5.32 Å². The van der Waals surface area contributed by atoms with Crippen molar-refractivity contribution in [2.75, 3.05) is 32.7 Å². The van der Waals surface area contributed by atoms with Gasteiger partial charge in [0.25, 0.3) is 0 Å². The van der Waals surface area contributed by atoms with E-state index in [1.54, 1.807) is 28.6 Å². The average Bonchev–Trinajstić information content (AvgIpc) is 3.21. The lowest BCUT2D eigenvalue weighted by atomic mass is 9.76. The summed E-state index contributed by atoms with van der Waals surface area (Å²) in [6.45, 7) is 5.99. The Morgan fingerprint density at radius 3 is 2.52 bits per heavy atom. The number of carbonyl (C=O) groups excluding carboxylic acids is 1. The number of piperidine rings is 1. The number of sulfonamides is 1. The van der Waals surface area contributed by atoms with Crippen molar-refractivity contribution in [3.63, 3.8) is 0 Å². The molecule has 0 bridgehead atoms. The van der Waals surface area contributed by atoms with Gasteiger partial charge in [-0.25, -0.2) is 8.42 Å². The second-order valence-electron chi connectivity index (χ2n) is 8.19. The third-order valence-corrected chi connectivity index (χ3v) is 8.55. The quantitative estimate of drug-likeness (QED) is 0.829. The lowest BCUT2D eigenvalue weighted by molar-refractivity contribution is -0.123. The fraction of sp³-hybridized carbons (Fsp3) is 0.650. The Labute approximate surface area is 162 Å². The van der Waals surface area contributed by atoms with E-state index in [9.17, 15) is 13.2 Å². The number of nitrogens with zero attached hydrogens (tertiary/aromatic N) is 2. The Morgan fingerprint density at radius 1 is 1.15 bits per heavy atom. The van der Waals surface area contributed by atoms with E-state index >= 15 is 0 Å². The normalized spacial score (nSPS) is 28.4. The fourth-order valence-electron chi connectivity index (χ4n) is 5.07. The molecule has 3 heterocycles. The molecule has 1 aromatic rings. The number of amides is 1. The van der Waals surface area contributed by atoms with E-state index in [-0.39, 0.29) is 17.4 Å². The van der Waals surface area contributed by atoms with Crippen LogP contribution in [-0.2, 0) is 14.8 Å². The van der Waals surface area contributed by atoms with Gasteiger partial charge in [0.15, 0.2) is 0 Å². The van der Waals surface area contributed by atoms with Crippen molar-refractivity contribution in [3.8, 4) is 0 Å². The Morgan fingerprint density at radius 2 is 1.85 bits per heavy atom. The number of fused-ring (bicyclic) bond motifs is 2. The molecule has 1 amide bonds. The van der Waals surface area contributed by atoms with E-state index in [0.717, 1.165) is 32.5 Å². The number of benzene rings is 1. The van der Waals surface area contributed by atoms with Crippen LogP contribution in [0, 0.1) is 11.8 Å². The number of likely N-dealkylation sites (tertiary alicyclic amines) is 1. The predicted molar refractivity (Wildman–Crippen MR) is 104 cm³/mol. The molecule has 148 valence electrons. The molecular formula is C20H29N3O3S. The van der Waals surface area contributed by atoms with Crippen LogP contribution in [0.15, 0.2) is 35.2 Å². The maximum Gasteiger partial charge on any atom is 0.243 e. The molecule has 7 heteroatoms. The summed E-state index contributed by atoms with van der Waals surface area (Å²) < 4.78 is 27.3. The number of rotatable bonds is 5. The molecule has 0 aliphatic carbocycles. The third kappa shape index (κ3) is 3.30. The largest absolute Gasteiger partial charge is 0.350 e. The molecule has 1 spiro atoms. The second kappa shape index (κ2) is 7.18. The van der Waals surface area contributed by atoms with Crippen LogP contribution in [0.4, 0.5) is 0 Å². The smallest absolute Gasteiger partial charge is 0.243 e. The lowest BCUT2D eigenvalue weighted by Crippen LogP contribution is -2.56. The molecule has 3 aliphatic heterocycles. The van der Waals surface area contributed by atoms with Crippen molar-refractivity contribution >= 4 is 15.9 Å². The number of nitrogens with one attached hydrogen (secondary N) is 1. The minimum absolute atomic E-state index is 0.0686. The maximum absolute atomic E-state index is 12.9. The van der Waals surface area contributed by atoms with Crippen molar-refractivity contribution in [3.05, 3.63) is 30.3 Å². The van der Waals surface area contributed by atoms with Gasteiger partial charge in [0.1, 0.15) is 0 Å². The topological polar surface area (TPSA) is 69.7 Å². The molecule has 6 nitrogen and oxygen atoms in total. The monoisotopic (exact) mass is 391 g/mol. The van der Waals surface area contributed by atoms with E-state index in [1.807, 2.05) is 6.07 Å². The standard InChI is InChI=1S/C20H29N3O3S/c1-2-3-11-22-14-17-18(15-22)20(21-19(17)24)9-12-23(13-10-20)27(25,26)16-7-5-4-6-8-16/h4-8,17-18H,2-3,9-15H2,1H3,(H,21,24)/t17-,18+/m1/s1. The number of carbonyl (C=O) groups is 1. The minimum atomic E-state index is -3.46. The Balaban J connectivity index is 1.46. The summed E-state index contributed by atoms with van der Waals surface area (Å²) in [5.41, 5.74) is -0.231. The predicted octanol–water partition coefficient (Wildman–Crippen LogP) is 1.69. The van der Waals surface area contributed by atoms with Gasteiger partial charge in [-0.3, -0.25) is 4.79 Å². The van der Waals surface area contributed by atoms with Crippen molar-refractivity contribution in [2.45, 2.75) is 43.0 Å². The SMILES string of the molecule is CCCCN1C[C@H]2C(=O)NC3(CCN(S(=O)(=O)c4ccccc4)CC3)[C@H]2C1. The van der Waals surface area contributed by atoms with E-state index < -0.39 is 10.0 Å². The highest BCUT2D eigenvalue weighted by Crippen LogP contribution is 2.44. The Bertz CT molecular complexity index is 788. The lowest BCUT2D eigenvalue weighted by Gasteiger charge is -2.42. The van der Waals surface area contributed by atoms with E-state index in [1.165, 1.54) is 0 Å². The summed E-state index contributed by atoms with van der Waals surface area (Å²) >= 11 is 0. The van der Waals surface area contributed by atoms with Gasteiger partial charge in [0.2, 0.25) is 15.9 Å². The van der Waals surface area contributed by atoms with Gasteiger partial charge in [-0.2, -0.15) is 4.31 Å². The number of unbranched alkanes of at least 4 members (excludes halogenated alkanes) is 1. The van der Waals surface area contributed by atoms with Crippen LogP contribution in [0.5, 0.6) is 0 Å². The van der Waals surface area contributed by atoms with Crippen LogP contribution in [-0.4, -0.2) is 61.8 Å². The molecule has 0 saturated carbocycles. The van der Waals surface area contributed by atoms with Crippen LogP contribution in [0.3, 0.4) is 0 Å². The summed E-state index contributed by atoms with van der Waals surface area (Å²) in [7, 11) is -3.46. The zero-order chi connectivity index (χ0) is 19.1. The summed E-state index contributed by atoms with van der Waals surface area (Å²) in [6.07, 6.45) is 3.73. The van der Waals surface area contributed by atoms with E-state index in [2.05, 4.69) is 17.1 Å². The van der Waals surface area contributed by atoms with Gasteiger partial charge >= 0.3 is 0 Å². The molecular weight excluding hydrogens is 362 g/mol. The first-order valence-electron chi connectivity index (χ1n) is 10.1. The summed E-state index contributed by atoms with van der Waals surface area (Å²) in [5.74, 6) is 0.543. The van der Waals surface area contributed by atoms with Crippen molar-refractivity contribution in [1.29, 1.82) is 0 Å². The zero-order valence-corrected chi connectivity index (χ0v) is 16.7. The molecule has 2 atom stereocenters. The molecule has 1 aromatic carbocycles. The first-order valence-corrected chi connectivity index (χ1v) is 11.5. The minimum Gasteiger partial charge on any atom is -0.350 e. The molecule has 27 heavy (non-hydrogen) atoms. The summed E-state index contributed by atoms with van der Waals surface area (Å²) in [6, 6.07) is 8.63. The molecule has 3 saturated heterocycles. The van der Waals surface area contributed by atoms with Crippen molar-refractivity contribution in [2.24, 2.45) is 11.8 Å². The first-order chi connectivity index (χ1) is 13.0.